The second-order valence-electron chi connectivity index (χ2n) is 10.6. The number of Topliss-reactive ketones (excluding diaryl/α,β-unsaturated/α-hetero) is 1. The molecule has 3 aromatic carbocycles. The standard InChI is InChI=1S/C31H28F3NO4/c1-18-10-11-19(14-28(18)31(32,33)34)29(36)20-12-21-15-38-16-22(13-20)35(21)30(37)39-17-27-25-8-4-2-6-23(25)24-7-3-5-9-26(24)27/h2-11,14,20-22,27H,12-13,15-17H2,1H3. The first kappa shape index (κ1) is 25.6. The molecule has 0 aromatic heterocycles. The van der Waals surface area contributed by atoms with E-state index in [9.17, 15) is 22.8 Å². The van der Waals surface area contributed by atoms with Gasteiger partial charge in [0.15, 0.2) is 5.78 Å². The minimum Gasteiger partial charge on any atom is -0.448 e. The summed E-state index contributed by atoms with van der Waals surface area (Å²) in [5.74, 6) is -0.893. The van der Waals surface area contributed by atoms with E-state index in [1.807, 2.05) is 24.3 Å². The van der Waals surface area contributed by atoms with Crippen LogP contribution in [0.4, 0.5) is 18.0 Å². The highest BCUT2D eigenvalue weighted by Crippen LogP contribution is 2.45. The fourth-order valence-electron chi connectivity index (χ4n) is 6.41. The number of ether oxygens (including phenoxy) is 2. The Kier molecular flexibility index (Phi) is 6.46. The third-order valence-corrected chi connectivity index (χ3v) is 8.27. The van der Waals surface area contributed by atoms with Gasteiger partial charge in [-0.3, -0.25) is 9.69 Å². The summed E-state index contributed by atoms with van der Waals surface area (Å²) in [4.78, 5) is 28.3. The Morgan fingerprint density at radius 3 is 2.10 bits per heavy atom. The molecule has 0 radical (unpaired) electrons. The molecule has 3 aromatic rings. The molecule has 0 N–H and O–H groups in total. The largest absolute Gasteiger partial charge is 0.448 e. The van der Waals surface area contributed by atoms with E-state index in [2.05, 4.69) is 24.3 Å². The Morgan fingerprint density at radius 1 is 0.923 bits per heavy atom. The first-order valence-electron chi connectivity index (χ1n) is 13.2. The van der Waals surface area contributed by atoms with Gasteiger partial charge in [0.1, 0.15) is 6.61 Å². The molecule has 2 fully saturated rings. The van der Waals surface area contributed by atoms with Crippen LogP contribution in [0.1, 0.15) is 51.4 Å². The molecule has 0 saturated carbocycles. The van der Waals surface area contributed by atoms with Crippen molar-refractivity contribution in [3.63, 3.8) is 0 Å². The fraction of sp³-hybridized carbons (Fsp3) is 0.355. The molecular formula is C31H28F3NO4. The fourth-order valence-corrected chi connectivity index (χ4v) is 6.41. The number of halogens is 3. The third kappa shape index (κ3) is 4.61. The van der Waals surface area contributed by atoms with Gasteiger partial charge in [0.05, 0.1) is 30.9 Å². The van der Waals surface area contributed by atoms with E-state index in [-0.39, 0.29) is 54.7 Å². The molecule has 6 rings (SSSR count). The number of aryl methyl sites for hydroxylation is 1. The number of alkyl halides is 3. The van der Waals surface area contributed by atoms with Gasteiger partial charge in [-0.1, -0.05) is 60.7 Å². The van der Waals surface area contributed by atoms with Crippen LogP contribution in [0.15, 0.2) is 66.7 Å². The molecule has 2 unspecified atom stereocenters. The van der Waals surface area contributed by atoms with Crippen LogP contribution in [0.5, 0.6) is 0 Å². The molecule has 8 heteroatoms. The molecule has 2 saturated heterocycles. The highest BCUT2D eigenvalue weighted by molar-refractivity contribution is 5.98. The number of ketones is 1. The van der Waals surface area contributed by atoms with Gasteiger partial charge >= 0.3 is 12.3 Å². The number of fused-ring (bicyclic) bond motifs is 5. The average molecular weight is 536 g/mol. The van der Waals surface area contributed by atoms with Crippen LogP contribution >= 0.6 is 0 Å². The number of carbonyl (C=O) groups is 2. The monoisotopic (exact) mass is 535 g/mol. The molecular weight excluding hydrogens is 507 g/mol. The van der Waals surface area contributed by atoms with Crippen molar-refractivity contribution in [3.05, 3.63) is 94.5 Å². The zero-order valence-electron chi connectivity index (χ0n) is 21.4. The van der Waals surface area contributed by atoms with Crippen LogP contribution in [0.25, 0.3) is 11.1 Å². The summed E-state index contributed by atoms with van der Waals surface area (Å²) >= 11 is 0. The second-order valence-corrected chi connectivity index (χ2v) is 10.6. The van der Waals surface area contributed by atoms with Gasteiger partial charge < -0.3 is 9.47 Å². The van der Waals surface area contributed by atoms with E-state index < -0.39 is 23.8 Å². The van der Waals surface area contributed by atoms with Gasteiger partial charge in [0.25, 0.3) is 0 Å². The van der Waals surface area contributed by atoms with Crippen molar-refractivity contribution in [2.45, 2.75) is 43.9 Å². The molecule has 2 atom stereocenters. The Hall–Kier alpha value is -3.65. The quantitative estimate of drug-likeness (QED) is 0.352. The lowest BCUT2D eigenvalue weighted by molar-refractivity contribution is -0.138. The van der Waals surface area contributed by atoms with Crippen molar-refractivity contribution >= 4 is 11.9 Å². The topological polar surface area (TPSA) is 55.8 Å². The first-order chi connectivity index (χ1) is 18.7. The van der Waals surface area contributed by atoms with Crippen molar-refractivity contribution in [2.24, 2.45) is 5.92 Å². The van der Waals surface area contributed by atoms with Crippen molar-refractivity contribution in [1.82, 2.24) is 4.90 Å². The predicted molar refractivity (Wildman–Crippen MR) is 139 cm³/mol. The molecule has 1 aliphatic carbocycles. The number of hydrogen-bond donors (Lipinski definition) is 0. The molecule has 202 valence electrons. The summed E-state index contributed by atoms with van der Waals surface area (Å²) in [5.41, 5.74) is 3.85. The van der Waals surface area contributed by atoms with Gasteiger partial charge in [-0.25, -0.2) is 4.79 Å². The molecule has 39 heavy (non-hydrogen) atoms. The van der Waals surface area contributed by atoms with Crippen LogP contribution in [-0.4, -0.2) is 48.7 Å². The van der Waals surface area contributed by atoms with E-state index >= 15 is 0 Å². The molecule has 5 nitrogen and oxygen atoms in total. The minimum atomic E-state index is -4.53. The number of piperidine rings is 1. The lowest BCUT2D eigenvalue weighted by Crippen LogP contribution is -2.60. The van der Waals surface area contributed by atoms with Crippen LogP contribution in [0.2, 0.25) is 0 Å². The summed E-state index contributed by atoms with van der Waals surface area (Å²) < 4.78 is 51.9. The van der Waals surface area contributed by atoms with Gasteiger partial charge in [-0.05, 0) is 53.6 Å². The number of amides is 1. The Balaban J connectivity index is 1.16. The van der Waals surface area contributed by atoms with E-state index in [0.29, 0.717) is 12.8 Å². The van der Waals surface area contributed by atoms with Crippen LogP contribution in [-0.2, 0) is 15.7 Å². The van der Waals surface area contributed by atoms with Crippen LogP contribution in [0, 0.1) is 12.8 Å². The Labute approximate surface area is 224 Å². The lowest BCUT2D eigenvalue weighted by Gasteiger charge is -2.47. The number of carbonyl (C=O) groups excluding carboxylic acids is 2. The zero-order valence-corrected chi connectivity index (χ0v) is 21.4. The Morgan fingerprint density at radius 2 is 1.51 bits per heavy atom. The zero-order chi connectivity index (χ0) is 27.3. The minimum absolute atomic E-state index is 0.0477. The number of morpholine rings is 1. The molecule has 3 aliphatic rings. The SMILES string of the molecule is Cc1ccc(C(=O)C2CC3COCC(C2)N3C(=O)OCC2c3ccccc3-c3ccccc32)cc1C(F)(F)F. The van der Waals surface area contributed by atoms with E-state index in [1.165, 1.54) is 19.1 Å². The molecule has 2 heterocycles. The van der Waals surface area contributed by atoms with E-state index in [0.717, 1.165) is 28.3 Å². The highest BCUT2D eigenvalue weighted by atomic mass is 19.4. The predicted octanol–water partition coefficient (Wildman–Crippen LogP) is 6.63. The number of rotatable bonds is 4. The Bertz CT molecular complexity index is 1380. The van der Waals surface area contributed by atoms with Gasteiger partial charge in [0.2, 0.25) is 0 Å². The van der Waals surface area contributed by atoms with Crippen molar-refractivity contribution in [1.29, 1.82) is 0 Å². The smallest absolute Gasteiger partial charge is 0.416 e. The van der Waals surface area contributed by atoms with E-state index in [1.54, 1.807) is 4.90 Å². The van der Waals surface area contributed by atoms with Crippen molar-refractivity contribution in [3.8, 4) is 11.1 Å². The van der Waals surface area contributed by atoms with Crippen LogP contribution < -0.4 is 0 Å². The second kappa shape index (κ2) is 9.83. The van der Waals surface area contributed by atoms with E-state index in [4.69, 9.17) is 9.47 Å². The average Bonchev–Trinajstić information content (AvgIpc) is 3.24. The summed E-state index contributed by atoms with van der Waals surface area (Å²) in [6, 6.07) is 19.2. The number of hydrogen-bond acceptors (Lipinski definition) is 4. The first-order valence-corrected chi connectivity index (χ1v) is 13.2. The maximum absolute atomic E-state index is 13.4. The lowest BCUT2D eigenvalue weighted by atomic mass is 9.80. The summed E-state index contributed by atoms with van der Waals surface area (Å²) in [6.07, 6.45) is -4.35. The van der Waals surface area contributed by atoms with Gasteiger partial charge in [-0.15, -0.1) is 0 Å². The van der Waals surface area contributed by atoms with Crippen molar-refractivity contribution in [2.75, 3.05) is 19.8 Å². The third-order valence-electron chi connectivity index (χ3n) is 8.27. The number of nitrogens with zero attached hydrogens (tertiary/aromatic N) is 1. The van der Waals surface area contributed by atoms with Crippen LogP contribution in [0.3, 0.4) is 0 Å². The summed E-state index contributed by atoms with van der Waals surface area (Å²) in [5, 5.41) is 0. The van der Waals surface area contributed by atoms with Gasteiger partial charge in [-0.2, -0.15) is 13.2 Å². The summed E-state index contributed by atoms with van der Waals surface area (Å²) in [6.45, 7) is 2.08. The molecule has 0 spiro atoms. The molecule has 2 bridgehead atoms. The molecule has 1 amide bonds. The normalized spacial score (nSPS) is 22.3. The summed E-state index contributed by atoms with van der Waals surface area (Å²) in [7, 11) is 0. The maximum Gasteiger partial charge on any atom is 0.416 e. The maximum atomic E-state index is 13.4. The van der Waals surface area contributed by atoms with Crippen molar-refractivity contribution < 1.29 is 32.2 Å². The van der Waals surface area contributed by atoms with Gasteiger partial charge in [0, 0.05) is 17.4 Å². The molecule has 2 aliphatic heterocycles. The number of benzene rings is 3. The highest BCUT2D eigenvalue weighted by Gasteiger charge is 2.45.